The predicted molar refractivity (Wildman–Crippen MR) is 68.6 cm³/mol. The molecule has 0 aliphatic heterocycles. The van der Waals surface area contributed by atoms with Crippen LogP contribution in [0.1, 0.15) is 6.92 Å². The quantitative estimate of drug-likeness (QED) is 0.445. The van der Waals surface area contributed by atoms with Gasteiger partial charge in [-0.25, -0.2) is 4.79 Å². The topological polar surface area (TPSA) is 52.3 Å². The van der Waals surface area contributed by atoms with Crippen molar-refractivity contribution in [1.82, 2.24) is 0 Å². The van der Waals surface area contributed by atoms with Crippen LogP contribution >= 0.6 is 0 Å². The van der Waals surface area contributed by atoms with Crippen LogP contribution in [0.25, 0.3) is 0 Å². The number of ether oxygens (including phenoxy) is 1. The molecule has 0 bridgehead atoms. The molecule has 0 aliphatic rings. The van der Waals surface area contributed by atoms with Gasteiger partial charge in [0.25, 0.3) is 0 Å². The summed E-state index contributed by atoms with van der Waals surface area (Å²) in [5, 5.41) is 0. The smallest absolute Gasteiger partial charge is 0.333 e. The summed E-state index contributed by atoms with van der Waals surface area (Å²) in [5.74, 6) is -0.375. The summed E-state index contributed by atoms with van der Waals surface area (Å²) >= 11 is 0. The Labute approximate surface area is 93.6 Å². The van der Waals surface area contributed by atoms with Crippen molar-refractivity contribution in [3.63, 3.8) is 0 Å². The van der Waals surface area contributed by atoms with Crippen LogP contribution in [0.4, 0.5) is 0 Å². The van der Waals surface area contributed by atoms with Crippen molar-refractivity contribution in [3.8, 4) is 0 Å². The molecule has 0 spiro atoms. The number of hydrogen-bond donors (Lipinski definition) is 1. The molecule has 0 aromatic heterocycles. The molecule has 0 heterocycles. The minimum Gasteiger partial charge on any atom is -0.461 e. The number of rotatable bonds is 3. The number of nitrogens with two attached hydrogens (primary N) is 1. The third-order valence-electron chi connectivity index (χ3n) is 0.699. The maximum absolute atomic E-state index is 10.5. The Kier molecular flexibility index (Phi) is 45.7. The minimum atomic E-state index is -0.375. The maximum Gasteiger partial charge on any atom is 0.333 e. The van der Waals surface area contributed by atoms with E-state index in [-0.39, 0.29) is 12.6 Å². The highest BCUT2D eigenvalue weighted by Crippen LogP contribution is 1.89. The molecular formula is C12H23NO2. The first-order chi connectivity index (χ1) is 7.18. The van der Waals surface area contributed by atoms with Crippen LogP contribution in [-0.4, -0.2) is 19.1 Å². The normalized spacial score (nSPS) is 6.00. The predicted octanol–water partition coefficient (Wildman–Crippen LogP) is 2.47. The monoisotopic (exact) mass is 213 g/mol. The van der Waals surface area contributed by atoms with Gasteiger partial charge in [0.1, 0.15) is 6.61 Å². The minimum absolute atomic E-state index is 0.270. The highest BCUT2D eigenvalue weighted by molar-refractivity contribution is 5.86. The standard InChI is InChI=1S/C6H11NO2.3C2H4/c1-5(2)6(8)9-4-3-7;3*1-2/h1,3-4,7H2,2H3;3*1-2H2. The summed E-state index contributed by atoms with van der Waals surface area (Å²) < 4.78 is 4.59. The summed E-state index contributed by atoms with van der Waals surface area (Å²) in [6.45, 7) is 23.6. The lowest BCUT2D eigenvalue weighted by Gasteiger charge is -1.99. The zero-order chi connectivity index (χ0) is 13.3. The van der Waals surface area contributed by atoms with Crippen LogP contribution in [0.5, 0.6) is 0 Å². The fraction of sp³-hybridized carbons (Fsp3) is 0.250. The molecule has 2 N–H and O–H groups in total. The Balaban J connectivity index is -0.0000000860. The first-order valence-electron chi connectivity index (χ1n) is 4.21. The second-order valence-electron chi connectivity index (χ2n) is 1.70. The molecular weight excluding hydrogens is 190 g/mol. The molecule has 0 saturated carbocycles. The zero-order valence-corrected chi connectivity index (χ0v) is 9.76. The molecule has 0 atom stereocenters. The molecule has 88 valence electrons. The number of carbonyl (C=O) groups is 1. The van der Waals surface area contributed by atoms with Crippen LogP contribution in [0.15, 0.2) is 51.6 Å². The molecule has 0 aromatic rings. The van der Waals surface area contributed by atoms with Gasteiger partial charge in [0.15, 0.2) is 0 Å². The lowest BCUT2D eigenvalue weighted by molar-refractivity contribution is -0.138. The fourth-order valence-corrected chi connectivity index (χ4v) is 0.275. The molecule has 0 rings (SSSR count). The number of esters is 1. The molecule has 0 fully saturated rings. The lowest BCUT2D eigenvalue weighted by atomic mass is 10.4. The molecule has 0 aliphatic carbocycles. The van der Waals surface area contributed by atoms with Gasteiger partial charge in [-0.3, -0.25) is 0 Å². The number of carbonyl (C=O) groups excluding carboxylic acids is 1. The van der Waals surface area contributed by atoms with Crippen LogP contribution in [0.3, 0.4) is 0 Å². The molecule has 3 nitrogen and oxygen atoms in total. The Bertz CT molecular complexity index is 151. The number of hydrogen-bond acceptors (Lipinski definition) is 3. The largest absolute Gasteiger partial charge is 0.461 e. The summed E-state index contributed by atoms with van der Waals surface area (Å²) in [5.41, 5.74) is 5.48. The molecule has 15 heavy (non-hydrogen) atoms. The van der Waals surface area contributed by atoms with Crippen molar-refractivity contribution < 1.29 is 9.53 Å². The summed E-state index contributed by atoms with van der Waals surface area (Å²) in [6.07, 6.45) is 0. The fourth-order valence-electron chi connectivity index (χ4n) is 0.275. The van der Waals surface area contributed by atoms with Gasteiger partial charge in [-0.2, -0.15) is 0 Å². The van der Waals surface area contributed by atoms with E-state index in [2.05, 4.69) is 50.8 Å². The zero-order valence-electron chi connectivity index (χ0n) is 9.76. The van der Waals surface area contributed by atoms with Gasteiger partial charge in [-0.1, -0.05) is 6.58 Å². The average Bonchev–Trinajstić information content (AvgIpc) is 2.33. The molecule has 3 heteroatoms. The van der Waals surface area contributed by atoms with Gasteiger partial charge in [-0.15, -0.1) is 39.5 Å². The van der Waals surface area contributed by atoms with Gasteiger partial charge in [0.2, 0.25) is 0 Å². The van der Waals surface area contributed by atoms with E-state index < -0.39 is 0 Å². The summed E-state index contributed by atoms with van der Waals surface area (Å²) in [4.78, 5) is 10.5. The molecule has 0 unspecified atom stereocenters. The van der Waals surface area contributed by atoms with Crippen LogP contribution in [0.2, 0.25) is 0 Å². The summed E-state index contributed by atoms with van der Waals surface area (Å²) in [6, 6.07) is 0. The third kappa shape index (κ3) is 32.8. The van der Waals surface area contributed by atoms with Crippen molar-refractivity contribution in [2.24, 2.45) is 5.73 Å². The summed E-state index contributed by atoms with van der Waals surface area (Å²) in [7, 11) is 0. The van der Waals surface area contributed by atoms with Crippen LogP contribution < -0.4 is 5.73 Å². The van der Waals surface area contributed by atoms with E-state index in [9.17, 15) is 4.79 Å². The highest BCUT2D eigenvalue weighted by atomic mass is 16.5. The van der Waals surface area contributed by atoms with E-state index in [1.165, 1.54) is 0 Å². The highest BCUT2D eigenvalue weighted by Gasteiger charge is 1.99. The van der Waals surface area contributed by atoms with Gasteiger partial charge >= 0.3 is 5.97 Å². The van der Waals surface area contributed by atoms with Gasteiger partial charge in [-0.05, 0) is 6.92 Å². The van der Waals surface area contributed by atoms with Crippen molar-refractivity contribution in [3.05, 3.63) is 51.6 Å². The van der Waals surface area contributed by atoms with E-state index in [1.807, 2.05) is 0 Å². The second kappa shape index (κ2) is 29.4. The second-order valence-corrected chi connectivity index (χ2v) is 1.70. The Morgan fingerprint density at radius 3 is 1.67 bits per heavy atom. The molecule has 0 amide bonds. The van der Waals surface area contributed by atoms with Crippen molar-refractivity contribution >= 4 is 5.97 Å². The lowest BCUT2D eigenvalue weighted by Crippen LogP contribution is -2.13. The molecule has 0 radical (unpaired) electrons. The van der Waals surface area contributed by atoms with E-state index in [4.69, 9.17) is 5.73 Å². The van der Waals surface area contributed by atoms with E-state index in [1.54, 1.807) is 6.92 Å². The molecule has 0 saturated heterocycles. The van der Waals surface area contributed by atoms with Crippen LogP contribution in [0, 0.1) is 0 Å². The first kappa shape index (κ1) is 23.3. The van der Waals surface area contributed by atoms with E-state index >= 15 is 0 Å². The maximum atomic E-state index is 10.5. The van der Waals surface area contributed by atoms with Crippen molar-refractivity contribution in [1.29, 1.82) is 0 Å². The Morgan fingerprint density at radius 1 is 1.13 bits per heavy atom. The van der Waals surface area contributed by atoms with Gasteiger partial charge in [0, 0.05) is 12.1 Å². The Hall–Kier alpha value is -1.61. The average molecular weight is 213 g/mol. The van der Waals surface area contributed by atoms with Crippen LogP contribution in [-0.2, 0) is 9.53 Å². The third-order valence-corrected chi connectivity index (χ3v) is 0.699. The molecule has 0 aromatic carbocycles. The van der Waals surface area contributed by atoms with Gasteiger partial charge in [0.05, 0.1) is 0 Å². The SMILES string of the molecule is C=C.C=C.C=C.C=C(C)C(=O)OCCN. The van der Waals surface area contributed by atoms with Crippen molar-refractivity contribution in [2.45, 2.75) is 6.92 Å². The van der Waals surface area contributed by atoms with Gasteiger partial charge < -0.3 is 10.5 Å². The van der Waals surface area contributed by atoms with Crippen molar-refractivity contribution in [2.75, 3.05) is 13.2 Å². The van der Waals surface area contributed by atoms with E-state index in [0.717, 1.165) is 0 Å². The van der Waals surface area contributed by atoms with E-state index in [0.29, 0.717) is 12.1 Å². The first-order valence-corrected chi connectivity index (χ1v) is 4.21. The Morgan fingerprint density at radius 2 is 1.47 bits per heavy atom.